The predicted molar refractivity (Wildman–Crippen MR) is 80.5 cm³/mol. The summed E-state index contributed by atoms with van der Waals surface area (Å²) < 4.78 is 14.3. The van der Waals surface area contributed by atoms with E-state index in [1.54, 1.807) is 24.3 Å². The van der Waals surface area contributed by atoms with Gasteiger partial charge in [-0.05, 0) is 43.2 Å². The summed E-state index contributed by atoms with van der Waals surface area (Å²) in [5.74, 6) is -0.260. The highest BCUT2D eigenvalue weighted by Crippen LogP contribution is 2.18. The maximum Gasteiger partial charge on any atom is 0.247 e. The first kappa shape index (κ1) is 14.9. The molecule has 1 fully saturated rings. The fourth-order valence-corrected chi connectivity index (χ4v) is 3.25. The molecule has 5 nitrogen and oxygen atoms in total. The molecular weight excluding hydrogens is 274 g/mol. The molecular formula is C14H19N3O2S. The van der Waals surface area contributed by atoms with Crippen molar-refractivity contribution in [2.75, 3.05) is 18.4 Å². The lowest BCUT2D eigenvalue weighted by Crippen LogP contribution is -2.40. The fourth-order valence-electron chi connectivity index (χ4n) is 2.04. The summed E-state index contributed by atoms with van der Waals surface area (Å²) in [6.07, 6.45) is 2.96. The van der Waals surface area contributed by atoms with Crippen molar-refractivity contribution in [2.24, 2.45) is 5.73 Å². The van der Waals surface area contributed by atoms with Gasteiger partial charge in [0.25, 0.3) is 0 Å². The van der Waals surface area contributed by atoms with E-state index in [4.69, 9.17) is 5.73 Å². The van der Waals surface area contributed by atoms with Crippen LogP contribution in [0.15, 0.2) is 41.8 Å². The molecule has 0 saturated carbocycles. The molecule has 0 radical (unpaired) electrons. The Balaban J connectivity index is 2.00. The van der Waals surface area contributed by atoms with Gasteiger partial charge in [-0.25, -0.2) is 8.51 Å². The maximum atomic E-state index is 12.4. The summed E-state index contributed by atoms with van der Waals surface area (Å²) in [6.45, 7) is 4.90. The number of piperidine rings is 1. The number of hydrogen-bond acceptors (Lipinski definition) is 3. The highest BCUT2D eigenvalue weighted by molar-refractivity contribution is 7.82. The van der Waals surface area contributed by atoms with Crippen molar-refractivity contribution >= 4 is 22.6 Å². The van der Waals surface area contributed by atoms with Gasteiger partial charge in [0.2, 0.25) is 5.91 Å². The Hall–Kier alpha value is -1.50. The smallest absolute Gasteiger partial charge is 0.247 e. The van der Waals surface area contributed by atoms with Gasteiger partial charge in [-0.2, -0.15) is 0 Å². The summed E-state index contributed by atoms with van der Waals surface area (Å²) in [5.41, 5.74) is 6.50. The minimum absolute atomic E-state index is 0.222. The molecule has 1 aromatic carbocycles. The molecule has 0 aliphatic carbocycles. The normalized spacial score (nSPS) is 18.4. The third-order valence-corrected chi connectivity index (χ3v) is 4.75. The van der Waals surface area contributed by atoms with Gasteiger partial charge in [0.05, 0.1) is 4.90 Å². The van der Waals surface area contributed by atoms with Crippen LogP contribution in [0.2, 0.25) is 0 Å². The number of carbonyl (C=O) groups is 1. The third-order valence-electron chi connectivity index (χ3n) is 3.24. The summed E-state index contributed by atoms with van der Waals surface area (Å²) in [4.78, 5) is 11.9. The van der Waals surface area contributed by atoms with Gasteiger partial charge < -0.3 is 11.1 Å². The van der Waals surface area contributed by atoms with E-state index < -0.39 is 11.0 Å². The van der Waals surface area contributed by atoms with Crippen LogP contribution in [0, 0.1) is 0 Å². The number of nitrogens with two attached hydrogens (primary N) is 1. The van der Waals surface area contributed by atoms with Gasteiger partial charge in [0.1, 0.15) is 11.0 Å². The largest absolute Gasteiger partial charge is 0.328 e. The fraction of sp³-hybridized carbons (Fsp3) is 0.357. The van der Waals surface area contributed by atoms with Crippen molar-refractivity contribution in [3.05, 3.63) is 36.9 Å². The van der Waals surface area contributed by atoms with Crippen molar-refractivity contribution < 1.29 is 9.00 Å². The van der Waals surface area contributed by atoms with Crippen LogP contribution < -0.4 is 11.1 Å². The first-order valence-corrected chi connectivity index (χ1v) is 7.66. The molecule has 6 heteroatoms. The van der Waals surface area contributed by atoms with Crippen LogP contribution in [-0.2, 0) is 15.8 Å². The molecule has 1 aliphatic rings. The van der Waals surface area contributed by atoms with Crippen molar-refractivity contribution in [3.63, 3.8) is 0 Å². The second kappa shape index (κ2) is 6.78. The minimum atomic E-state index is -1.16. The second-order valence-electron chi connectivity index (χ2n) is 4.73. The van der Waals surface area contributed by atoms with Gasteiger partial charge >= 0.3 is 0 Å². The van der Waals surface area contributed by atoms with Crippen molar-refractivity contribution in [3.8, 4) is 0 Å². The monoisotopic (exact) mass is 293 g/mol. The van der Waals surface area contributed by atoms with E-state index in [2.05, 4.69) is 11.9 Å². The number of amides is 1. The quantitative estimate of drug-likeness (QED) is 0.821. The molecule has 0 bridgehead atoms. The molecule has 1 aliphatic heterocycles. The molecule has 0 spiro atoms. The summed E-state index contributed by atoms with van der Waals surface area (Å²) in [7, 11) is -1.16. The Morgan fingerprint density at radius 1 is 1.35 bits per heavy atom. The lowest BCUT2D eigenvalue weighted by Gasteiger charge is -2.28. The Labute approximate surface area is 121 Å². The van der Waals surface area contributed by atoms with E-state index in [0.717, 1.165) is 30.8 Å². The molecule has 1 heterocycles. The number of anilines is 1. The standard InChI is InChI=1S/C14H19N3O2S/c1-2-14(18)16-12-3-5-13(6-4-12)20(19)17-9-7-11(15)8-10-17/h2-6,11H,1,7-10,15H2,(H,16,18). The first-order chi connectivity index (χ1) is 9.60. The summed E-state index contributed by atoms with van der Waals surface area (Å²) >= 11 is 0. The zero-order valence-electron chi connectivity index (χ0n) is 11.2. The average Bonchev–Trinajstić information content (AvgIpc) is 2.48. The van der Waals surface area contributed by atoms with Gasteiger partial charge in [0, 0.05) is 24.8 Å². The van der Waals surface area contributed by atoms with Crippen LogP contribution in [0.4, 0.5) is 5.69 Å². The molecule has 1 amide bonds. The third kappa shape index (κ3) is 3.75. The maximum absolute atomic E-state index is 12.4. The van der Waals surface area contributed by atoms with Crippen molar-refractivity contribution in [2.45, 2.75) is 23.8 Å². The highest BCUT2D eigenvalue weighted by atomic mass is 32.2. The SMILES string of the molecule is C=CC(=O)Nc1ccc(S(=O)N2CCC(N)CC2)cc1. The number of nitrogens with zero attached hydrogens (tertiary/aromatic N) is 1. The van der Waals surface area contributed by atoms with Gasteiger partial charge in [-0.15, -0.1) is 0 Å². The summed E-state index contributed by atoms with van der Waals surface area (Å²) in [5, 5.41) is 2.66. The van der Waals surface area contributed by atoms with Gasteiger partial charge in [-0.1, -0.05) is 6.58 Å². The van der Waals surface area contributed by atoms with E-state index in [9.17, 15) is 9.00 Å². The lowest BCUT2D eigenvalue weighted by molar-refractivity contribution is -0.111. The number of benzene rings is 1. The Morgan fingerprint density at radius 3 is 2.50 bits per heavy atom. The zero-order valence-corrected chi connectivity index (χ0v) is 12.1. The minimum Gasteiger partial charge on any atom is -0.328 e. The van der Waals surface area contributed by atoms with Crippen LogP contribution in [0.5, 0.6) is 0 Å². The van der Waals surface area contributed by atoms with E-state index in [-0.39, 0.29) is 11.9 Å². The molecule has 1 aromatic rings. The highest BCUT2D eigenvalue weighted by Gasteiger charge is 2.21. The molecule has 0 aromatic heterocycles. The van der Waals surface area contributed by atoms with Crippen LogP contribution in [0.1, 0.15) is 12.8 Å². The molecule has 1 unspecified atom stereocenters. The Bertz CT molecular complexity index is 508. The van der Waals surface area contributed by atoms with Gasteiger partial charge in [0.15, 0.2) is 0 Å². The molecule has 20 heavy (non-hydrogen) atoms. The molecule has 108 valence electrons. The lowest BCUT2D eigenvalue weighted by atomic mass is 10.1. The number of nitrogens with one attached hydrogen (secondary N) is 1. The zero-order chi connectivity index (χ0) is 14.5. The first-order valence-electron chi connectivity index (χ1n) is 6.56. The number of rotatable bonds is 4. The molecule has 3 N–H and O–H groups in total. The van der Waals surface area contributed by atoms with Gasteiger partial charge in [-0.3, -0.25) is 4.79 Å². The van der Waals surface area contributed by atoms with Crippen LogP contribution in [-0.4, -0.2) is 33.6 Å². The topological polar surface area (TPSA) is 75.4 Å². The van der Waals surface area contributed by atoms with E-state index in [1.165, 1.54) is 6.08 Å². The molecule has 1 saturated heterocycles. The van der Waals surface area contributed by atoms with Crippen LogP contribution >= 0.6 is 0 Å². The Morgan fingerprint density at radius 2 is 1.95 bits per heavy atom. The molecule has 2 rings (SSSR count). The Kier molecular flexibility index (Phi) is 5.05. The van der Waals surface area contributed by atoms with Crippen LogP contribution in [0.25, 0.3) is 0 Å². The van der Waals surface area contributed by atoms with E-state index in [0.29, 0.717) is 5.69 Å². The van der Waals surface area contributed by atoms with Crippen LogP contribution in [0.3, 0.4) is 0 Å². The van der Waals surface area contributed by atoms with Crippen molar-refractivity contribution in [1.29, 1.82) is 0 Å². The van der Waals surface area contributed by atoms with E-state index in [1.807, 2.05) is 4.31 Å². The number of hydrogen-bond donors (Lipinski definition) is 2. The van der Waals surface area contributed by atoms with E-state index >= 15 is 0 Å². The summed E-state index contributed by atoms with van der Waals surface area (Å²) in [6, 6.07) is 7.24. The van der Waals surface area contributed by atoms with Crippen molar-refractivity contribution in [1.82, 2.24) is 4.31 Å². The predicted octanol–water partition coefficient (Wildman–Crippen LogP) is 1.26. The number of carbonyl (C=O) groups excluding carboxylic acids is 1. The molecule has 1 atom stereocenters. The average molecular weight is 293 g/mol. The second-order valence-corrected chi connectivity index (χ2v) is 6.22.